The number of rotatable bonds is 3. The zero-order chi connectivity index (χ0) is 18.3. The molecular weight excluding hydrogens is 332 g/mol. The highest BCUT2D eigenvalue weighted by molar-refractivity contribution is 6.12. The summed E-state index contributed by atoms with van der Waals surface area (Å²) in [6.45, 7) is 0. The highest BCUT2D eigenvalue weighted by Crippen LogP contribution is 2.45. The van der Waals surface area contributed by atoms with Crippen LogP contribution in [0.1, 0.15) is 21.5 Å². The molecule has 26 heavy (non-hydrogen) atoms. The van der Waals surface area contributed by atoms with Gasteiger partial charge in [0.15, 0.2) is 5.72 Å². The van der Waals surface area contributed by atoms with Gasteiger partial charge in [-0.25, -0.2) is 0 Å². The van der Waals surface area contributed by atoms with Gasteiger partial charge in [-0.15, -0.1) is 0 Å². The van der Waals surface area contributed by atoms with Crippen molar-refractivity contribution >= 4 is 17.3 Å². The van der Waals surface area contributed by atoms with Gasteiger partial charge < -0.3 is 5.11 Å². The van der Waals surface area contributed by atoms with E-state index in [2.05, 4.69) is 0 Å². The van der Waals surface area contributed by atoms with Crippen molar-refractivity contribution in [3.05, 3.63) is 106 Å². The number of hydrogen-bond acceptors (Lipinski definition) is 4. The molecule has 6 heteroatoms. The van der Waals surface area contributed by atoms with E-state index < -0.39 is 16.6 Å². The van der Waals surface area contributed by atoms with E-state index in [0.29, 0.717) is 16.7 Å². The molecule has 3 aromatic carbocycles. The van der Waals surface area contributed by atoms with Gasteiger partial charge in [0.1, 0.15) is 0 Å². The van der Waals surface area contributed by atoms with Crippen LogP contribution < -0.4 is 4.90 Å². The monoisotopic (exact) mass is 346 g/mol. The first-order valence-electron chi connectivity index (χ1n) is 8.00. The average Bonchev–Trinajstić information content (AvgIpc) is 2.91. The number of carbonyl (C=O) groups excluding carboxylic acids is 1. The molecule has 0 saturated carbocycles. The Morgan fingerprint density at radius 1 is 0.923 bits per heavy atom. The third-order valence-corrected chi connectivity index (χ3v) is 4.53. The normalized spacial score (nSPS) is 18.7. The Hall–Kier alpha value is -3.51. The standard InChI is InChI=1S/C20H14N2O4/c23-19-17-11-4-5-12-18(17)20(24,14-7-2-1-3-8-14)21(19)15-9-6-10-16(13-15)22(25)26/h1-13,24H. The summed E-state index contributed by atoms with van der Waals surface area (Å²) in [5, 5.41) is 22.8. The van der Waals surface area contributed by atoms with E-state index >= 15 is 0 Å². The third kappa shape index (κ3) is 2.20. The molecule has 0 bridgehead atoms. The van der Waals surface area contributed by atoms with Gasteiger partial charge in [-0.05, 0) is 12.1 Å². The van der Waals surface area contributed by atoms with Crippen molar-refractivity contribution in [1.29, 1.82) is 0 Å². The number of nitro groups is 1. The molecule has 3 aromatic rings. The highest BCUT2D eigenvalue weighted by Gasteiger charge is 2.50. The maximum Gasteiger partial charge on any atom is 0.271 e. The van der Waals surface area contributed by atoms with Crippen molar-refractivity contribution in [2.45, 2.75) is 5.72 Å². The van der Waals surface area contributed by atoms with Crippen molar-refractivity contribution in [1.82, 2.24) is 0 Å². The van der Waals surface area contributed by atoms with Crippen LogP contribution in [-0.2, 0) is 5.72 Å². The Balaban J connectivity index is 1.98. The van der Waals surface area contributed by atoms with Gasteiger partial charge in [-0.2, -0.15) is 0 Å². The van der Waals surface area contributed by atoms with Crippen LogP contribution in [0.5, 0.6) is 0 Å². The summed E-state index contributed by atoms with van der Waals surface area (Å²) in [4.78, 5) is 24.9. The van der Waals surface area contributed by atoms with E-state index in [-0.39, 0.29) is 11.4 Å². The molecule has 128 valence electrons. The predicted molar refractivity (Wildman–Crippen MR) is 95.8 cm³/mol. The molecule has 0 aromatic heterocycles. The summed E-state index contributed by atoms with van der Waals surface area (Å²) in [5.41, 5.74) is -0.323. The summed E-state index contributed by atoms with van der Waals surface area (Å²) >= 11 is 0. The van der Waals surface area contributed by atoms with Crippen molar-refractivity contribution in [3.8, 4) is 0 Å². The zero-order valence-electron chi connectivity index (χ0n) is 13.6. The number of aliphatic hydroxyl groups is 1. The average molecular weight is 346 g/mol. The van der Waals surface area contributed by atoms with Crippen molar-refractivity contribution in [2.75, 3.05) is 4.90 Å². The quantitative estimate of drug-likeness (QED) is 0.581. The molecule has 0 saturated heterocycles. The second kappa shape index (κ2) is 5.79. The number of hydrogen-bond donors (Lipinski definition) is 1. The van der Waals surface area contributed by atoms with Crippen molar-refractivity contribution in [2.24, 2.45) is 0 Å². The molecule has 0 fully saturated rings. The number of non-ortho nitro benzene ring substituents is 1. The Morgan fingerprint density at radius 2 is 1.62 bits per heavy atom. The molecule has 1 N–H and O–H groups in total. The van der Waals surface area contributed by atoms with Gasteiger partial charge in [0, 0.05) is 28.8 Å². The minimum Gasteiger partial charge on any atom is -0.363 e. The topological polar surface area (TPSA) is 83.7 Å². The first-order chi connectivity index (χ1) is 12.5. The van der Waals surface area contributed by atoms with Crippen LogP contribution in [0.4, 0.5) is 11.4 Å². The summed E-state index contributed by atoms with van der Waals surface area (Å²) in [7, 11) is 0. The molecular formula is C20H14N2O4. The van der Waals surface area contributed by atoms with Gasteiger partial charge in [0.05, 0.1) is 10.6 Å². The van der Waals surface area contributed by atoms with Gasteiger partial charge >= 0.3 is 0 Å². The Bertz CT molecular complexity index is 1020. The summed E-state index contributed by atoms with van der Waals surface area (Å²) in [5.74, 6) is -0.410. The largest absolute Gasteiger partial charge is 0.363 e. The minimum absolute atomic E-state index is 0.151. The Morgan fingerprint density at radius 3 is 2.35 bits per heavy atom. The zero-order valence-corrected chi connectivity index (χ0v) is 13.6. The van der Waals surface area contributed by atoms with E-state index in [1.807, 2.05) is 6.07 Å². The molecule has 1 unspecified atom stereocenters. The number of anilines is 1. The van der Waals surface area contributed by atoms with Crippen LogP contribution >= 0.6 is 0 Å². The maximum atomic E-state index is 13.1. The molecule has 1 heterocycles. The molecule has 1 aliphatic rings. The molecule has 1 amide bonds. The molecule has 6 nitrogen and oxygen atoms in total. The van der Waals surface area contributed by atoms with E-state index in [0.717, 1.165) is 0 Å². The van der Waals surface area contributed by atoms with Crippen LogP contribution in [0.3, 0.4) is 0 Å². The number of carbonyl (C=O) groups is 1. The smallest absolute Gasteiger partial charge is 0.271 e. The second-order valence-corrected chi connectivity index (χ2v) is 6.00. The van der Waals surface area contributed by atoms with Crippen LogP contribution in [0.2, 0.25) is 0 Å². The number of nitro benzene ring substituents is 1. The molecule has 0 radical (unpaired) electrons. The predicted octanol–water partition coefficient (Wildman–Crippen LogP) is 3.45. The van der Waals surface area contributed by atoms with E-state index in [1.54, 1.807) is 54.6 Å². The lowest BCUT2D eigenvalue weighted by Gasteiger charge is -2.34. The van der Waals surface area contributed by atoms with Gasteiger partial charge in [-0.1, -0.05) is 54.6 Å². The van der Waals surface area contributed by atoms with E-state index in [4.69, 9.17) is 0 Å². The Kier molecular flexibility index (Phi) is 3.56. The lowest BCUT2D eigenvalue weighted by Crippen LogP contribution is -2.45. The Labute approximate surface area is 149 Å². The fourth-order valence-corrected chi connectivity index (χ4v) is 3.37. The van der Waals surface area contributed by atoms with Crippen molar-refractivity contribution in [3.63, 3.8) is 0 Å². The SMILES string of the molecule is O=C1c2ccccc2C(O)(c2ccccc2)N1c1cccc([N+](=O)[O-])c1. The minimum atomic E-state index is -1.75. The summed E-state index contributed by atoms with van der Waals surface area (Å²) in [6.07, 6.45) is 0. The summed E-state index contributed by atoms with van der Waals surface area (Å²) in [6, 6.07) is 21.3. The first kappa shape index (κ1) is 16.0. The van der Waals surface area contributed by atoms with E-state index in [1.165, 1.54) is 23.1 Å². The maximum absolute atomic E-state index is 13.1. The van der Waals surface area contributed by atoms with Crippen LogP contribution in [0, 0.1) is 10.1 Å². The lowest BCUT2D eigenvalue weighted by molar-refractivity contribution is -0.384. The number of fused-ring (bicyclic) bond motifs is 1. The summed E-state index contributed by atoms with van der Waals surface area (Å²) < 4.78 is 0. The molecule has 0 spiro atoms. The molecule has 0 aliphatic carbocycles. The lowest BCUT2D eigenvalue weighted by atomic mass is 9.93. The third-order valence-electron chi connectivity index (χ3n) is 4.53. The van der Waals surface area contributed by atoms with Crippen LogP contribution in [0.25, 0.3) is 0 Å². The van der Waals surface area contributed by atoms with Gasteiger partial charge in [-0.3, -0.25) is 19.8 Å². The number of benzene rings is 3. The molecule has 1 aliphatic heterocycles. The number of nitrogens with zero attached hydrogens (tertiary/aromatic N) is 2. The number of amides is 1. The van der Waals surface area contributed by atoms with E-state index in [9.17, 15) is 20.0 Å². The van der Waals surface area contributed by atoms with Crippen molar-refractivity contribution < 1.29 is 14.8 Å². The molecule has 4 rings (SSSR count). The first-order valence-corrected chi connectivity index (χ1v) is 8.00. The second-order valence-electron chi connectivity index (χ2n) is 6.00. The fraction of sp³-hybridized carbons (Fsp3) is 0.0500. The van der Waals surface area contributed by atoms with Gasteiger partial charge in [0.2, 0.25) is 0 Å². The van der Waals surface area contributed by atoms with Crippen LogP contribution in [0.15, 0.2) is 78.9 Å². The van der Waals surface area contributed by atoms with Gasteiger partial charge in [0.25, 0.3) is 11.6 Å². The fourth-order valence-electron chi connectivity index (χ4n) is 3.37. The highest BCUT2D eigenvalue weighted by atomic mass is 16.6. The molecule has 1 atom stereocenters. The van der Waals surface area contributed by atoms with Crippen LogP contribution in [-0.4, -0.2) is 15.9 Å².